The summed E-state index contributed by atoms with van der Waals surface area (Å²) in [6.07, 6.45) is 2.64. The first-order valence-electron chi connectivity index (χ1n) is 6.60. The number of rotatable bonds is 6. The molecule has 128 valence electrons. The average Bonchev–Trinajstić information content (AvgIpc) is 2.55. The van der Waals surface area contributed by atoms with Crippen molar-refractivity contribution in [3.05, 3.63) is 51.9 Å². The van der Waals surface area contributed by atoms with Crippen molar-refractivity contribution in [2.24, 2.45) is 0 Å². The second kappa shape index (κ2) is 7.78. The summed E-state index contributed by atoms with van der Waals surface area (Å²) in [5.74, 6) is -1.43. The summed E-state index contributed by atoms with van der Waals surface area (Å²) in [5, 5.41) is 3.27. The number of nitrogens with zero attached hydrogens (tertiary/aromatic N) is 2. The highest BCUT2D eigenvalue weighted by atomic mass is 35.5. The minimum atomic E-state index is -3.58. The van der Waals surface area contributed by atoms with Crippen LogP contribution in [0.25, 0.3) is 0 Å². The van der Waals surface area contributed by atoms with Gasteiger partial charge in [-0.25, -0.2) is 23.2 Å². The largest absolute Gasteiger partial charge is 0.464 e. The Hall–Kier alpha value is -1.90. The van der Waals surface area contributed by atoms with E-state index in [2.05, 4.69) is 20.0 Å². The molecule has 2 aromatic rings. The summed E-state index contributed by atoms with van der Waals surface area (Å²) in [5.41, 5.74) is 0.329. The van der Waals surface area contributed by atoms with Crippen LogP contribution < -0.4 is 5.32 Å². The molecule has 7 nitrogen and oxygen atoms in total. The predicted octanol–water partition coefficient (Wildman–Crippen LogP) is 2.55. The monoisotopic (exact) mass is 389 g/mol. The normalized spacial score (nSPS) is 11.1. The van der Waals surface area contributed by atoms with Crippen molar-refractivity contribution in [2.75, 3.05) is 18.3 Å². The third-order valence-corrected chi connectivity index (χ3v) is 4.85. The third-order valence-electron chi connectivity index (χ3n) is 2.93. The molecule has 24 heavy (non-hydrogen) atoms. The maximum Gasteiger partial charge on any atom is 0.360 e. The first kappa shape index (κ1) is 18.4. The zero-order valence-electron chi connectivity index (χ0n) is 12.5. The summed E-state index contributed by atoms with van der Waals surface area (Å²) < 4.78 is 29.1. The van der Waals surface area contributed by atoms with Crippen molar-refractivity contribution < 1.29 is 17.9 Å². The van der Waals surface area contributed by atoms with Crippen molar-refractivity contribution in [3.8, 4) is 0 Å². The molecule has 1 aromatic heterocycles. The minimum absolute atomic E-state index is 0.0233. The smallest absolute Gasteiger partial charge is 0.360 e. The molecule has 0 aliphatic heterocycles. The number of halogens is 2. The molecular formula is C14H13Cl2N3O4S. The van der Waals surface area contributed by atoms with Gasteiger partial charge in [-0.1, -0.05) is 29.3 Å². The molecule has 0 amide bonds. The molecule has 0 spiro atoms. The number of hydrogen-bond donors (Lipinski definition) is 1. The van der Waals surface area contributed by atoms with E-state index in [1.807, 2.05) is 0 Å². The molecule has 0 unspecified atom stereocenters. The fourth-order valence-corrected chi connectivity index (χ4v) is 3.56. The lowest BCUT2D eigenvalue weighted by atomic mass is 10.2. The molecule has 10 heteroatoms. The van der Waals surface area contributed by atoms with Crippen molar-refractivity contribution in [3.63, 3.8) is 0 Å². The van der Waals surface area contributed by atoms with E-state index in [-0.39, 0.29) is 22.3 Å². The molecule has 0 saturated carbocycles. The van der Waals surface area contributed by atoms with E-state index >= 15 is 0 Å². The zero-order valence-corrected chi connectivity index (χ0v) is 14.8. The van der Waals surface area contributed by atoms with Crippen LogP contribution in [0, 0.1) is 0 Å². The van der Waals surface area contributed by atoms with E-state index < -0.39 is 21.7 Å². The fourth-order valence-electron chi connectivity index (χ4n) is 1.82. The lowest BCUT2D eigenvalue weighted by Crippen LogP contribution is -2.20. The first-order chi connectivity index (χ1) is 11.3. The van der Waals surface area contributed by atoms with Crippen LogP contribution in [0.4, 0.5) is 5.82 Å². The second-order valence-electron chi connectivity index (χ2n) is 4.69. The Labute approximate surface area is 148 Å². The molecule has 0 aliphatic carbocycles. The van der Waals surface area contributed by atoms with Crippen LogP contribution in [0.15, 0.2) is 30.6 Å². The standard InChI is InChI=1S/C14H13Cl2N3O4S/c1-23-14(20)12-13(18-5-4-17-12)19-8-24(21,22)7-9-2-3-10(15)6-11(9)16/h2-6H,7-8H2,1H3,(H,18,19). The van der Waals surface area contributed by atoms with Gasteiger partial charge in [0, 0.05) is 22.4 Å². The van der Waals surface area contributed by atoms with E-state index in [9.17, 15) is 13.2 Å². The van der Waals surface area contributed by atoms with Gasteiger partial charge in [-0.3, -0.25) is 0 Å². The number of carbonyl (C=O) groups excluding carboxylic acids is 1. The third kappa shape index (κ3) is 4.80. The van der Waals surface area contributed by atoms with Crippen LogP contribution in [0.2, 0.25) is 10.0 Å². The van der Waals surface area contributed by atoms with Crippen molar-refractivity contribution in [1.82, 2.24) is 9.97 Å². The molecule has 0 saturated heterocycles. The lowest BCUT2D eigenvalue weighted by Gasteiger charge is -2.10. The SMILES string of the molecule is COC(=O)c1nccnc1NCS(=O)(=O)Cc1ccc(Cl)cc1Cl. The van der Waals surface area contributed by atoms with Gasteiger partial charge < -0.3 is 10.1 Å². The molecule has 0 aliphatic rings. The van der Waals surface area contributed by atoms with Gasteiger partial charge in [-0.05, 0) is 17.7 Å². The molecular weight excluding hydrogens is 377 g/mol. The molecule has 2 rings (SSSR count). The van der Waals surface area contributed by atoms with Gasteiger partial charge in [0.25, 0.3) is 0 Å². The number of methoxy groups -OCH3 is 1. The quantitative estimate of drug-likeness (QED) is 0.757. The Kier molecular flexibility index (Phi) is 5.98. The number of anilines is 1. The highest BCUT2D eigenvalue weighted by molar-refractivity contribution is 7.90. The van der Waals surface area contributed by atoms with Gasteiger partial charge in [0.1, 0.15) is 5.88 Å². The summed E-state index contributed by atoms with van der Waals surface area (Å²) in [4.78, 5) is 19.3. The van der Waals surface area contributed by atoms with Gasteiger partial charge in [-0.15, -0.1) is 0 Å². The number of ether oxygens (including phenoxy) is 1. The highest BCUT2D eigenvalue weighted by Crippen LogP contribution is 2.23. The minimum Gasteiger partial charge on any atom is -0.464 e. The van der Waals surface area contributed by atoms with Crippen LogP contribution in [0.3, 0.4) is 0 Å². The Morgan fingerprint density at radius 1 is 1.25 bits per heavy atom. The number of sulfone groups is 1. The number of carbonyl (C=O) groups is 1. The highest BCUT2D eigenvalue weighted by Gasteiger charge is 2.18. The number of esters is 1. The summed E-state index contributed by atoms with van der Waals surface area (Å²) in [6.45, 7) is 0. The topological polar surface area (TPSA) is 98.2 Å². The van der Waals surface area contributed by atoms with Gasteiger partial charge in [-0.2, -0.15) is 0 Å². The maximum atomic E-state index is 12.2. The maximum absolute atomic E-state index is 12.2. The lowest BCUT2D eigenvalue weighted by molar-refractivity contribution is 0.0594. The Morgan fingerprint density at radius 2 is 1.96 bits per heavy atom. The van der Waals surface area contributed by atoms with Crippen molar-refractivity contribution in [2.45, 2.75) is 5.75 Å². The Bertz CT molecular complexity index is 859. The first-order valence-corrected chi connectivity index (χ1v) is 9.17. The van der Waals surface area contributed by atoms with Crippen LogP contribution in [-0.2, 0) is 20.3 Å². The van der Waals surface area contributed by atoms with E-state index in [1.54, 1.807) is 12.1 Å². The van der Waals surface area contributed by atoms with Gasteiger partial charge in [0.15, 0.2) is 21.3 Å². The molecule has 0 bridgehead atoms. The number of nitrogens with one attached hydrogen (secondary N) is 1. The van der Waals surface area contributed by atoms with E-state index in [0.717, 1.165) is 0 Å². The fraction of sp³-hybridized carbons (Fsp3) is 0.214. The molecule has 0 radical (unpaired) electrons. The van der Waals surface area contributed by atoms with Crippen molar-refractivity contribution in [1.29, 1.82) is 0 Å². The van der Waals surface area contributed by atoms with Crippen LogP contribution >= 0.6 is 23.2 Å². The molecule has 0 atom stereocenters. The van der Waals surface area contributed by atoms with Gasteiger partial charge >= 0.3 is 5.97 Å². The molecule has 0 fully saturated rings. The molecule has 1 aromatic carbocycles. The average molecular weight is 390 g/mol. The van der Waals surface area contributed by atoms with Gasteiger partial charge in [0.05, 0.1) is 12.9 Å². The number of hydrogen-bond acceptors (Lipinski definition) is 7. The van der Waals surface area contributed by atoms with Crippen LogP contribution in [0.1, 0.15) is 16.1 Å². The van der Waals surface area contributed by atoms with E-state index in [4.69, 9.17) is 23.2 Å². The van der Waals surface area contributed by atoms with Crippen LogP contribution in [0.5, 0.6) is 0 Å². The predicted molar refractivity (Wildman–Crippen MR) is 90.9 cm³/mol. The zero-order chi connectivity index (χ0) is 17.7. The number of benzene rings is 1. The number of aromatic nitrogens is 2. The second-order valence-corrected chi connectivity index (χ2v) is 7.60. The Morgan fingerprint density at radius 3 is 2.62 bits per heavy atom. The van der Waals surface area contributed by atoms with Gasteiger partial charge in [0.2, 0.25) is 0 Å². The summed E-state index contributed by atoms with van der Waals surface area (Å²) >= 11 is 11.8. The van der Waals surface area contributed by atoms with Crippen molar-refractivity contribution >= 4 is 44.8 Å². The molecule has 1 N–H and O–H groups in total. The van der Waals surface area contributed by atoms with E-state index in [0.29, 0.717) is 10.6 Å². The Balaban J connectivity index is 2.12. The summed E-state index contributed by atoms with van der Waals surface area (Å²) in [7, 11) is -2.38. The summed E-state index contributed by atoms with van der Waals surface area (Å²) in [6, 6.07) is 4.58. The molecule has 1 heterocycles. The van der Waals surface area contributed by atoms with Crippen LogP contribution in [-0.4, -0.2) is 37.3 Å². The van der Waals surface area contributed by atoms with E-state index in [1.165, 1.54) is 25.6 Å².